The first-order valence-electron chi connectivity index (χ1n) is 11.1. The number of allylic oxidation sites excluding steroid dienone is 5. The fraction of sp³-hybridized carbons (Fsp3) is 0.280. The van der Waals surface area contributed by atoms with Crippen LogP contribution >= 0.6 is 11.8 Å². The maximum Gasteiger partial charge on any atom is 0.262 e. The minimum absolute atomic E-state index is 0.0520. The van der Waals surface area contributed by atoms with Gasteiger partial charge >= 0.3 is 0 Å². The van der Waals surface area contributed by atoms with Crippen LogP contribution in [0.15, 0.2) is 70.3 Å². The Balaban J connectivity index is 1.46. The second-order valence-electron chi connectivity index (χ2n) is 8.17. The zero-order valence-electron chi connectivity index (χ0n) is 19.5. The van der Waals surface area contributed by atoms with Crippen molar-refractivity contribution in [1.82, 2.24) is 14.9 Å². The van der Waals surface area contributed by atoms with E-state index in [4.69, 9.17) is 0 Å². The average Bonchev–Trinajstić information content (AvgIpc) is 2.83. The lowest BCUT2D eigenvalue weighted by atomic mass is 10.2. The van der Waals surface area contributed by atoms with E-state index in [2.05, 4.69) is 49.6 Å². The summed E-state index contributed by atoms with van der Waals surface area (Å²) in [5.41, 5.74) is 3.44. The molecule has 4 rings (SSSR count). The Morgan fingerprint density at radius 2 is 1.88 bits per heavy atom. The Bertz CT molecular complexity index is 1160. The van der Waals surface area contributed by atoms with E-state index in [-0.39, 0.29) is 11.7 Å². The number of anilines is 4. The number of hydrogen-bond donors (Lipinski definition) is 2. The molecule has 0 bridgehead atoms. The largest absolute Gasteiger partial charge is 0.369 e. The smallest absolute Gasteiger partial charge is 0.262 e. The maximum absolute atomic E-state index is 12.5. The predicted octanol–water partition coefficient (Wildman–Crippen LogP) is 3.99. The van der Waals surface area contributed by atoms with E-state index < -0.39 is 0 Å². The van der Waals surface area contributed by atoms with Gasteiger partial charge < -0.3 is 20.4 Å². The van der Waals surface area contributed by atoms with Gasteiger partial charge in [-0.3, -0.25) is 9.59 Å². The lowest BCUT2D eigenvalue weighted by molar-refractivity contribution is -0.113. The molecule has 0 spiro atoms. The minimum Gasteiger partial charge on any atom is -0.369 e. The van der Waals surface area contributed by atoms with Gasteiger partial charge in [-0.15, -0.1) is 0 Å². The highest BCUT2D eigenvalue weighted by Crippen LogP contribution is 2.37. The van der Waals surface area contributed by atoms with Gasteiger partial charge in [0.15, 0.2) is 5.78 Å². The van der Waals surface area contributed by atoms with E-state index in [0.29, 0.717) is 21.6 Å². The number of nitrogens with one attached hydrogen (secondary N) is 2. The highest BCUT2D eigenvalue weighted by atomic mass is 32.2. The second-order valence-corrected chi connectivity index (χ2v) is 9.20. The number of likely N-dealkylation sites (N-methyl/N-ethyl adjacent to an activating group) is 1. The summed E-state index contributed by atoms with van der Waals surface area (Å²) < 4.78 is 0. The summed E-state index contributed by atoms with van der Waals surface area (Å²) in [5.74, 6) is 0.178. The van der Waals surface area contributed by atoms with Crippen molar-refractivity contribution in [2.24, 2.45) is 0 Å². The van der Waals surface area contributed by atoms with E-state index in [1.54, 1.807) is 18.3 Å². The van der Waals surface area contributed by atoms with E-state index in [0.717, 1.165) is 37.4 Å². The van der Waals surface area contributed by atoms with Gasteiger partial charge in [0.25, 0.3) is 5.91 Å². The Labute approximate surface area is 203 Å². The molecule has 2 aliphatic heterocycles. The quantitative estimate of drug-likeness (QED) is 0.367. The number of thioether (sulfide) groups is 1. The highest BCUT2D eigenvalue weighted by Gasteiger charge is 2.23. The molecule has 34 heavy (non-hydrogen) atoms. The number of ketones is 1. The third-order valence-electron chi connectivity index (χ3n) is 5.57. The van der Waals surface area contributed by atoms with Crippen molar-refractivity contribution in [2.75, 3.05) is 48.8 Å². The molecule has 2 aliphatic rings. The van der Waals surface area contributed by atoms with Crippen molar-refractivity contribution in [1.29, 1.82) is 0 Å². The standard InChI is InChI=1S/C25H28N6O2S/c1-4-18(6-5-17(2)32)15-22-23(33)28-21-16-26-25(29-24(21)34-22)27-19-7-9-20(10-8-19)31-13-11-30(3)12-14-31/h4-10,15-16H,11-14H2,1-3H3,(H,28,33)(H,26,27,29)/b6-5-,18-4?,22-15+. The highest BCUT2D eigenvalue weighted by molar-refractivity contribution is 8.04. The van der Waals surface area contributed by atoms with Crippen LogP contribution in [0.1, 0.15) is 13.8 Å². The van der Waals surface area contributed by atoms with E-state index in [1.807, 2.05) is 25.1 Å². The minimum atomic E-state index is -0.225. The summed E-state index contributed by atoms with van der Waals surface area (Å²) in [6, 6.07) is 8.26. The molecule has 2 N–H and O–H groups in total. The van der Waals surface area contributed by atoms with E-state index >= 15 is 0 Å². The number of hydrogen-bond acceptors (Lipinski definition) is 8. The fourth-order valence-corrected chi connectivity index (χ4v) is 4.45. The molecule has 9 heteroatoms. The first-order valence-corrected chi connectivity index (χ1v) is 12.0. The number of amides is 1. The molecule has 1 amide bonds. The number of benzene rings is 1. The average molecular weight is 477 g/mol. The Morgan fingerprint density at radius 3 is 2.56 bits per heavy atom. The number of nitrogens with zero attached hydrogens (tertiary/aromatic N) is 4. The van der Waals surface area contributed by atoms with Crippen LogP contribution in [0.2, 0.25) is 0 Å². The van der Waals surface area contributed by atoms with Gasteiger partial charge in [-0.05, 0) is 62.9 Å². The molecule has 0 unspecified atom stereocenters. The zero-order valence-corrected chi connectivity index (χ0v) is 20.4. The van der Waals surface area contributed by atoms with Crippen molar-refractivity contribution in [2.45, 2.75) is 18.9 Å². The number of aromatic nitrogens is 2. The molecule has 0 radical (unpaired) electrons. The van der Waals surface area contributed by atoms with Gasteiger partial charge in [0, 0.05) is 37.6 Å². The molecule has 2 aromatic rings. The van der Waals surface area contributed by atoms with Gasteiger partial charge in [-0.25, -0.2) is 9.97 Å². The number of rotatable bonds is 6. The molecule has 1 fully saturated rings. The van der Waals surface area contributed by atoms with Crippen LogP contribution in [0.5, 0.6) is 0 Å². The monoisotopic (exact) mass is 476 g/mol. The van der Waals surface area contributed by atoms with Crippen LogP contribution in [0.25, 0.3) is 0 Å². The van der Waals surface area contributed by atoms with Gasteiger partial charge in [-0.1, -0.05) is 23.9 Å². The molecule has 8 nitrogen and oxygen atoms in total. The van der Waals surface area contributed by atoms with Gasteiger partial charge in [-0.2, -0.15) is 0 Å². The number of carbonyl (C=O) groups is 2. The Morgan fingerprint density at radius 1 is 1.15 bits per heavy atom. The van der Waals surface area contributed by atoms with Crippen molar-refractivity contribution in [3.8, 4) is 0 Å². The summed E-state index contributed by atoms with van der Waals surface area (Å²) in [4.78, 5) is 37.9. The number of piperazine rings is 1. The number of fused-ring (bicyclic) bond motifs is 1. The molecule has 0 aliphatic carbocycles. The molecule has 176 valence electrons. The van der Waals surface area contributed by atoms with Crippen molar-refractivity contribution in [3.63, 3.8) is 0 Å². The van der Waals surface area contributed by atoms with Crippen molar-refractivity contribution >= 4 is 46.5 Å². The first-order chi connectivity index (χ1) is 16.4. The van der Waals surface area contributed by atoms with E-state index in [9.17, 15) is 9.59 Å². The summed E-state index contributed by atoms with van der Waals surface area (Å²) in [5, 5.41) is 6.74. The zero-order chi connectivity index (χ0) is 24.1. The van der Waals surface area contributed by atoms with Gasteiger partial charge in [0.05, 0.1) is 16.8 Å². The summed E-state index contributed by atoms with van der Waals surface area (Å²) in [6.07, 6.45) is 8.36. The van der Waals surface area contributed by atoms with E-state index in [1.165, 1.54) is 30.4 Å². The van der Waals surface area contributed by atoms with Gasteiger partial charge in [0.2, 0.25) is 5.95 Å². The van der Waals surface area contributed by atoms with Crippen LogP contribution in [-0.2, 0) is 9.59 Å². The summed E-state index contributed by atoms with van der Waals surface area (Å²) >= 11 is 1.28. The lowest BCUT2D eigenvalue weighted by Gasteiger charge is -2.34. The second kappa shape index (κ2) is 10.7. The lowest BCUT2D eigenvalue weighted by Crippen LogP contribution is -2.44. The SMILES string of the molecule is CC=C(/C=C\C(C)=O)/C=C1/Sc2nc(Nc3ccc(N4CCN(C)CC4)cc3)ncc2NC1=O. The van der Waals surface area contributed by atoms with Gasteiger partial charge in [0.1, 0.15) is 5.03 Å². The molecule has 1 aromatic carbocycles. The Hall–Kier alpha value is -3.43. The van der Waals surface area contributed by atoms with Crippen LogP contribution < -0.4 is 15.5 Å². The fourth-order valence-electron chi connectivity index (χ4n) is 3.56. The van der Waals surface area contributed by atoms with Crippen LogP contribution in [0, 0.1) is 0 Å². The van der Waals surface area contributed by atoms with Crippen molar-refractivity contribution in [3.05, 3.63) is 65.2 Å². The first kappa shape index (κ1) is 23.7. The van der Waals surface area contributed by atoms with Crippen LogP contribution in [0.4, 0.5) is 23.0 Å². The Kier molecular flexibility index (Phi) is 7.44. The predicted molar refractivity (Wildman–Crippen MR) is 138 cm³/mol. The molecule has 1 aromatic heterocycles. The summed E-state index contributed by atoms with van der Waals surface area (Å²) in [6.45, 7) is 7.52. The molecule has 0 atom stereocenters. The topological polar surface area (TPSA) is 90.5 Å². The third-order valence-corrected chi connectivity index (χ3v) is 6.59. The molecule has 1 saturated heterocycles. The molecule has 3 heterocycles. The van der Waals surface area contributed by atoms with Crippen molar-refractivity contribution < 1.29 is 9.59 Å². The number of carbonyl (C=O) groups excluding carboxylic acids is 2. The summed E-state index contributed by atoms with van der Waals surface area (Å²) in [7, 11) is 2.15. The molecule has 0 saturated carbocycles. The van der Waals surface area contributed by atoms with Crippen LogP contribution in [0.3, 0.4) is 0 Å². The normalized spacial score (nSPS) is 18.2. The maximum atomic E-state index is 12.5. The molecular weight excluding hydrogens is 448 g/mol. The van der Waals surface area contributed by atoms with Crippen LogP contribution in [-0.4, -0.2) is 59.8 Å². The molecular formula is C25H28N6O2S. The third kappa shape index (κ3) is 5.92.